The number of carbonyl (C=O) groups is 1. The molecule has 2 amide bonds. The van der Waals surface area contributed by atoms with Gasteiger partial charge >= 0.3 is 6.03 Å². The number of aromatic amines is 1. The Balaban J connectivity index is 1.67. The highest BCUT2D eigenvalue weighted by molar-refractivity contribution is 5.92. The lowest BCUT2D eigenvalue weighted by Crippen LogP contribution is -2.46. The van der Waals surface area contributed by atoms with E-state index in [-0.39, 0.29) is 17.3 Å². The molecule has 1 aliphatic carbocycles. The molecule has 1 saturated heterocycles. The number of fused-ring (bicyclic) bond motifs is 1. The molecule has 7 heteroatoms. The third kappa shape index (κ3) is 3.09. The van der Waals surface area contributed by atoms with Crippen LogP contribution in [0.25, 0.3) is 0 Å². The second-order valence-corrected chi connectivity index (χ2v) is 6.86. The minimum absolute atomic E-state index is 0.103. The van der Waals surface area contributed by atoms with Crippen molar-refractivity contribution >= 4 is 11.7 Å². The summed E-state index contributed by atoms with van der Waals surface area (Å²) in [5.41, 5.74) is 3.75. The van der Waals surface area contributed by atoms with Crippen LogP contribution < -0.4 is 15.8 Å². The van der Waals surface area contributed by atoms with Gasteiger partial charge in [0.05, 0.1) is 11.4 Å². The van der Waals surface area contributed by atoms with Crippen molar-refractivity contribution in [1.29, 1.82) is 0 Å². The summed E-state index contributed by atoms with van der Waals surface area (Å²) in [6, 6.07) is 4.54. The van der Waals surface area contributed by atoms with Crippen LogP contribution in [-0.2, 0) is 19.3 Å². The van der Waals surface area contributed by atoms with Crippen molar-refractivity contribution in [2.24, 2.45) is 0 Å². The molecule has 136 valence electrons. The molecule has 0 saturated carbocycles. The van der Waals surface area contributed by atoms with E-state index in [1.807, 2.05) is 0 Å². The summed E-state index contributed by atoms with van der Waals surface area (Å²) in [6.45, 7) is 1.11. The summed E-state index contributed by atoms with van der Waals surface area (Å²) in [5, 5.41) is 9.58. The number of carbonyl (C=O) groups excluding carboxylic acids is 1. The van der Waals surface area contributed by atoms with Crippen LogP contribution in [0.2, 0.25) is 0 Å². The Morgan fingerprint density at radius 2 is 1.92 bits per heavy atom. The van der Waals surface area contributed by atoms with Crippen molar-refractivity contribution in [2.45, 2.75) is 38.5 Å². The Bertz CT molecular complexity index is 909. The molecule has 2 aliphatic rings. The number of nitrogens with zero attached hydrogens (tertiary/aromatic N) is 2. The van der Waals surface area contributed by atoms with Crippen LogP contribution in [0.3, 0.4) is 0 Å². The standard InChI is InChI=1S/C19H21FN4O2/c20-15-7-6-12(11-17(15)24-9-3-8-21-19(24)26)10-16-13-4-1-2-5-14(13)18(25)23-22-16/h6-7,11H,1-5,8-10H2,(H,21,26)(H,23,25). The van der Waals surface area contributed by atoms with E-state index >= 15 is 0 Å². The van der Waals surface area contributed by atoms with E-state index in [9.17, 15) is 14.0 Å². The highest BCUT2D eigenvalue weighted by Gasteiger charge is 2.23. The number of H-pyrrole nitrogens is 1. The number of rotatable bonds is 3. The van der Waals surface area contributed by atoms with E-state index in [1.165, 1.54) is 11.0 Å². The Hall–Kier alpha value is -2.70. The lowest BCUT2D eigenvalue weighted by molar-refractivity contribution is 0.242. The van der Waals surface area contributed by atoms with Crippen LogP contribution in [0, 0.1) is 5.82 Å². The predicted octanol–water partition coefficient (Wildman–Crippen LogP) is 2.30. The van der Waals surface area contributed by atoms with E-state index in [0.717, 1.165) is 54.5 Å². The fourth-order valence-electron chi connectivity index (χ4n) is 3.80. The van der Waals surface area contributed by atoms with Crippen LogP contribution in [0.15, 0.2) is 23.0 Å². The molecule has 4 rings (SSSR count). The molecule has 0 atom stereocenters. The number of hydrogen-bond donors (Lipinski definition) is 2. The lowest BCUT2D eigenvalue weighted by atomic mass is 9.90. The predicted molar refractivity (Wildman–Crippen MR) is 96.1 cm³/mol. The summed E-state index contributed by atoms with van der Waals surface area (Å²) >= 11 is 0. The summed E-state index contributed by atoms with van der Waals surface area (Å²) in [5.74, 6) is -0.415. The summed E-state index contributed by atoms with van der Waals surface area (Å²) in [6.07, 6.45) is 4.98. The number of urea groups is 1. The minimum atomic E-state index is -0.415. The van der Waals surface area contributed by atoms with Crippen molar-refractivity contribution in [3.8, 4) is 0 Å². The van der Waals surface area contributed by atoms with Crippen molar-refractivity contribution in [3.63, 3.8) is 0 Å². The third-order valence-electron chi connectivity index (χ3n) is 5.14. The van der Waals surface area contributed by atoms with Crippen LogP contribution in [0.5, 0.6) is 0 Å². The van der Waals surface area contributed by atoms with Crippen LogP contribution in [-0.4, -0.2) is 29.3 Å². The molecule has 0 bridgehead atoms. The molecule has 1 fully saturated rings. The summed E-state index contributed by atoms with van der Waals surface area (Å²) in [7, 11) is 0. The topological polar surface area (TPSA) is 78.1 Å². The second-order valence-electron chi connectivity index (χ2n) is 6.86. The van der Waals surface area contributed by atoms with Gasteiger partial charge in [-0.1, -0.05) is 6.07 Å². The van der Waals surface area contributed by atoms with Gasteiger partial charge in [0.1, 0.15) is 5.82 Å². The maximum atomic E-state index is 14.3. The van der Waals surface area contributed by atoms with E-state index < -0.39 is 5.82 Å². The highest BCUT2D eigenvalue weighted by Crippen LogP contribution is 2.26. The fourth-order valence-corrected chi connectivity index (χ4v) is 3.80. The quantitative estimate of drug-likeness (QED) is 0.886. The Labute approximate surface area is 150 Å². The number of benzene rings is 1. The molecule has 6 nitrogen and oxygen atoms in total. The number of aromatic nitrogens is 2. The van der Waals surface area contributed by atoms with Gasteiger partial charge in [-0.3, -0.25) is 9.69 Å². The molecule has 1 aliphatic heterocycles. The minimum Gasteiger partial charge on any atom is -0.338 e. The lowest BCUT2D eigenvalue weighted by Gasteiger charge is -2.28. The van der Waals surface area contributed by atoms with E-state index in [0.29, 0.717) is 19.5 Å². The third-order valence-corrected chi connectivity index (χ3v) is 5.14. The number of halogens is 1. The molecule has 1 aromatic heterocycles. The van der Waals surface area contributed by atoms with Gasteiger partial charge in [-0.15, -0.1) is 0 Å². The fraction of sp³-hybridized carbons (Fsp3) is 0.421. The van der Waals surface area contributed by atoms with Crippen molar-refractivity contribution in [3.05, 3.63) is 56.8 Å². The maximum Gasteiger partial charge on any atom is 0.321 e. The first-order valence-electron chi connectivity index (χ1n) is 9.06. The summed E-state index contributed by atoms with van der Waals surface area (Å²) in [4.78, 5) is 25.5. The molecule has 0 spiro atoms. The second kappa shape index (κ2) is 6.90. The number of amides is 2. The molecule has 2 heterocycles. The van der Waals surface area contributed by atoms with Gasteiger partial charge in [-0.25, -0.2) is 14.3 Å². The number of nitrogens with one attached hydrogen (secondary N) is 2. The van der Waals surface area contributed by atoms with Crippen LogP contribution >= 0.6 is 0 Å². The van der Waals surface area contributed by atoms with Gasteiger partial charge in [0.25, 0.3) is 5.56 Å². The van der Waals surface area contributed by atoms with Gasteiger partial charge in [0.15, 0.2) is 0 Å². The zero-order valence-corrected chi connectivity index (χ0v) is 14.5. The van der Waals surface area contributed by atoms with Crippen molar-refractivity contribution in [1.82, 2.24) is 15.5 Å². The molecule has 2 aromatic rings. The van der Waals surface area contributed by atoms with Crippen molar-refractivity contribution < 1.29 is 9.18 Å². The Kier molecular flexibility index (Phi) is 4.44. The van der Waals surface area contributed by atoms with Gasteiger partial charge in [-0.05, 0) is 55.4 Å². The normalized spacial score (nSPS) is 17.0. The van der Waals surface area contributed by atoms with E-state index in [4.69, 9.17) is 0 Å². The first kappa shape index (κ1) is 16.8. The number of anilines is 1. The summed E-state index contributed by atoms with van der Waals surface area (Å²) < 4.78 is 14.3. The molecule has 0 radical (unpaired) electrons. The van der Waals surface area contributed by atoms with Gasteiger partial charge < -0.3 is 5.32 Å². The number of hydrogen-bond acceptors (Lipinski definition) is 3. The largest absolute Gasteiger partial charge is 0.338 e. The molecule has 2 N–H and O–H groups in total. The van der Waals surface area contributed by atoms with Gasteiger partial charge in [0.2, 0.25) is 0 Å². The van der Waals surface area contributed by atoms with E-state index in [1.54, 1.807) is 12.1 Å². The molecule has 0 unspecified atom stereocenters. The average molecular weight is 356 g/mol. The molecular formula is C19H21FN4O2. The van der Waals surface area contributed by atoms with Gasteiger partial charge in [0, 0.05) is 25.1 Å². The van der Waals surface area contributed by atoms with Crippen LogP contribution in [0.4, 0.5) is 14.9 Å². The average Bonchev–Trinajstić information content (AvgIpc) is 2.66. The van der Waals surface area contributed by atoms with Crippen molar-refractivity contribution in [2.75, 3.05) is 18.0 Å². The maximum absolute atomic E-state index is 14.3. The highest BCUT2D eigenvalue weighted by atomic mass is 19.1. The monoisotopic (exact) mass is 356 g/mol. The molecular weight excluding hydrogens is 335 g/mol. The zero-order chi connectivity index (χ0) is 18.1. The van der Waals surface area contributed by atoms with E-state index in [2.05, 4.69) is 15.5 Å². The smallest absolute Gasteiger partial charge is 0.321 e. The SMILES string of the molecule is O=C1NCCCN1c1cc(Cc2n[nH]c(=O)c3c2CCCC3)ccc1F. The zero-order valence-electron chi connectivity index (χ0n) is 14.5. The molecule has 1 aromatic carbocycles. The molecule has 26 heavy (non-hydrogen) atoms. The Morgan fingerprint density at radius 1 is 1.12 bits per heavy atom. The first-order valence-corrected chi connectivity index (χ1v) is 9.06. The Morgan fingerprint density at radius 3 is 2.73 bits per heavy atom. The first-order chi connectivity index (χ1) is 12.6. The van der Waals surface area contributed by atoms with Gasteiger partial charge in [-0.2, -0.15) is 5.10 Å². The van der Waals surface area contributed by atoms with Crippen LogP contribution in [0.1, 0.15) is 41.6 Å².